The smallest absolute Gasteiger partial charge is 0.251 e. The zero-order chi connectivity index (χ0) is 13.0. The van der Waals surface area contributed by atoms with Gasteiger partial charge in [-0.2, -0.15) is 0 Å². The SMILES string of the molecule is Cc1ccn(Cc2cc(C#CCO)cs2)c(=O)c1. The predicted molar refractivity (Wildman–Crippen MR) is 72.8 cm³/mol. The number of aliphatic hydroxyl groups excluding tert-OH is 1. The van der Waals surface area contributed by atoms with E-state index in [4.69, 9.17) is 5.11 Å². The second-order valence-corrected chi connectivity index (χ2v) is 4.93. The van der Waals surface area contributed by atoms with Gasteiger partial charge in [-0.25, -0.2) is 0 Å². The van der Waals surface area contributed by atoms with Crippen molar-refractivity contribution in [1.29, 1.82) is 0 Å². The molecule has 0 atom stereocenters. The lowest BCUT2D eigenvalue weighted by Gasteiger charge is -2.03. The molecule has 0 fully saturated rings. The van der Waals surface area contributed by atoms with Crippen LogP contribution in [0.25, 0.3) is 0 Å². The number of aliphatic hydroxyl groups is 1. The minimum atomic E-state index is -0.136. The largest absolute Gasteiger partial charge is 0.384 e. The summed E-state index contributed by atoms with van der Waals surface area (Å²) >= 11 is 1.56. The normalized spacial score (nSPS) is 9.89. The van der Waals surface area contributed by atoms with E-state index in [1.165, 1.54) is 0 Å². The maximum atomic E-state index is 11.7. The monoisotopic (exact) mass is 259 g/mol. The van der Waals surface area contributed by atoms with E-state index in [1.54, 1.807) is 28.2 Å². The molecule has 2 heterocycles. The molecule has 4 heteroatoms. The van der Waals surface area contributed by atoms with Crippen LogP contribution < -0.4 is 5.56 Å². The summed E-state index contributed by atoms with van der Waals surface area (Å²) in [4.78, 5) is 12.8. The molecule has 0 spiro atoms. The Labute approximate surface area is 109 Å². The van der Waals surface area contributed by atoms with Crippen molar-refractivity contribution in [2.45, 2.75) is 13.5 Å². The highest BCUT2D eigenvalue weighted by molar-refractivity contribution is 7.10. The summed E-state index contributed by atoms with van der Waals surface area (Å²) in [7, 11) is 0. The van der Waals surface area contributed by atoms with Crippen LogP contribution in [0.2, 0.25) is 0 Å². The molecule has 2 rings (SSSR count). The highest BCUT2D eigenvalue weighted by Crippen LogP contribution is 2.14. The van der Waals surface area contributed by atoms with Crippen LogP contribution in [0, 0.1) is 18.8 Å². The van der Waals surface area contributed by atoms with Gasteiger partial charge < -0.3 is 9.67 Å². The van der Waals surface area contributed by atoms with Gasteiger partial charge in [0, 0.05) is 28.1 Å². The lowest BCUT2D eigenvalue weighted by Crippen LogP contribution is -2.18. The predicted octanol–water partition coefficient (Wildman–Crippen LogP) is 1.61. The van der Waals surface area contributed by atoms with Crippen LogP contribution in [0.1, 0.15) is 16.0 Å². The van der Waals surface area contributed by atoms with Gasteiger partial charge in [0.15, 0.2) is 0 Å². The highest BCUT2D eigenvalue weighted by Gasteiger charge is 2.01. The molecule has 0 unspecified atom stereocenters. The molecule has 0 radical (unpaired) electrons. The van der Waals surface area contributed by atoms with Crippen molar-refractivity contribution in [3.8, 4) is 11.8 Å². The first kappa shape index (κ1) is 12.6. The van der Waals surface area contributed by atoms with E-state index >= 15 is 0 Å². The van der Waals surface area contributed by atoms with Crippen molar-refractivity contribution in [3.63, 3.8) is 0 Å². The maximum absolute atomic E-state index is 11.7. The molecule has 0 saturated carbocycles. The first-order chi connectivity index (χ1) is 8.69. The second-order valence-electron chi connectivity index (χ2n) is 3.93. The Hall–Kier alpha value is -1.83. The van der Waals surface area contributed by atoms with Gasteiger partial charge in [0.1, 0.15) is 6.61 Å². The van der Waals surface area contributed by atoms with Gasteiger partial charge in [0.05, 0.1) is 6.54 Å². The molecule has 1 N–H and O–H groups in total. The van der Waals surface area contributed by atoms with E-state index in [9.17, 15) is 4.79 Å². The minimum absolute atomic E-state index is 0.00592. The van der Waals surface area contributed by atoms with E-state index in [0.717, 1.165) is 16.0 Å². The summed E-state index contributed by atoms with van der Waals surface area (Å²) in [6.07, 6.45) is 1.80. The third-order valence-corrected chi connectivity index (χ3v) is 3.36. The van der Waals surface area contributed by atoms with Crippen LogP contribution in [0.4, 0.5) is 0 Å². The fraction of sp³-hybridized carbons (Fsp3) is 0.214. The molecule has 3 nitrogen and oxygen atoms in total. The standard InChI is InChI=1S/C14H13NO2S/c1-11-4-5-15(14(17)7-11)9-13-8-12(10-18-13)3-2-6-16/h4-5,7-8,10,16H,6,9H2,1H3. The van der Waals surface area contributed by atoms with Crippen molar-refractivity contribution in [2.75, 3.05) is 6.61 Å². The summed E-state index contributed by atoms with van der Waals surface area (Å²) in [5.41, 5.74) is 1.85. The fourth-order valence-electron chi connectivity index (χ4n) is 1.58. The van der Waals surface area contributed by atoms with Crippen LogP contribution in [0.3, 0.4) is 0 Å². The number of aryl methyl sites for hydroxylation is 1. The van der Waals surface area contributed by atoms with Crippen molar-refractivity contribution in [2.24, 2.45) is 0 Å². The molecule has 0 aromatic carbocycles. The summed E-state index contributed by atoms with van der Waals surface area (Å²) in [6.45, 7) is 2.33. The molecule has 2 aromatic heterocycles. The Morgan fingerprint density at radius 2 is 2.28 bits per heavy atom. The van der Waals surface area contributed by atoms with Crippen LogP contribution in [0.15, 0.2) is 34.6 Å². The third-order valence-electron chi connectivity index (χ3n) is 2.44. The molecular weight excluding hydrogens is 246 g/mol. The van der Waals surface area contributed by atoms with E-state index in [-0.39, 0.29) is 12.2 Å². The van der Waals surface area contributed by atoms with Gasteiger partial charge >= 0.3 is 0 Å². The highest BCUT2D eigenvalue weighted by atomic mass is 32.1. The van der Waals surface area contributed by atoms with Crippen molar-refractivity contribution >= 4 is 11.3 Å². The Bertz CT molecular complexity index is 658. The molecular formula is C14H13NO2S. The van der Waals surface area contributed by atoms with E-state index in [0.29, 0.717) is 6.54 Å². The zero-order valence-corrected chi connectivity index (χ0v) is 10.8. The molecule has 0 aliphatic carbocycles. The van der Waals surface area contributed by atoms with Crippen LogP contribution in [0.5, 0.6) is 0 Å². The van der Waals surface area contributed by atoms with Crippen molar-refractivity contribution in [1.82, 2.24) is 4.57 Å². The minimum Gasteiger partial charge on any atom is -0.384 e. The summed E-state index contributed by atoms with van der Waals surface area (Å²) in [5.74, 6) is 5.45. The van der Waals surface area contributed by atoms with Gasteiger partial charge in [0.25, 0.3) is 5.56 Å². The lowest BCUT2D eigenvalue weighted by atomic mass is 10.3. The van der Waals surface area contributed by atoms with Gasteiger partial charge in [-0.3, -0.25) is 4.79 Å². The number of aromatic nitrogens is 1. The Morgan fingerprint density at radius 3 is 3.00 bits per heavy atom. The van der Waals surface area contributed by atoms with Crippen molar-refractivity contribution in [3.05, 3.63) is 56.1 Å². The summed E-state index contributed by atoms with van der Waals surface area (Å²) in [5, 5.41) is 10.5. The molecule has 92 valence electrons. The number of hydrogen-bond donors (Lipinski definition) is 1. The average Bonchev–Trinajstić information content (AvgIpc) is 2.78. The fourth-order valence-corrected chi connectivity index (χ4v) is 2.39. The second kappa shape index (κ2) is 5.67. The van der Waals surface area contributed by atoms with Crippen LogP contribution in [-0.2, 0) is 6.54 Å². The first-order valence-electron chi connectivity index (χ1n) is 5.53. The van der Waals surface area contributed by atoms with Gasteiger partial charge in [0.2, 0.25) is 0 Å². The van der Waals surface area contributed by atoms with Gasteiger partial charge in [-0.1, -0.05) is 11.8 Å². The zero-order valence-electron chi connectivity index (χ0n) is 10.0. The number of thiophene rings is 1. The van der Waals surface area contributed by atoms with E-state index in [2.05, 4.69) is 11.8 Å². The van der Waals surface area contributed by atoms with Crippen LogP contribution >= 0.6 is 11.3 Å². The molecule has 18 heavy (non-hydrogen) atoms. The summed E-state index contributed by atoms with van der Waals surface area (Å²) in [6, 6.07) is 5.49. The maximum Gasteiger partial charge on any atom is 0.251 e. The van der Waals surface area contributed by atoms with Crippen LogP contribution in [-0.4, -0.2) is 16.3 Å². The first-order valence-corrected chi connectivity index (χ1v) is 6.41. The lowest BCUT2D eigenvalue weighted by molar-refractivity contribution is 0.350. The number of pyridine rings is 1. The molecule has 0 saturated heterocycles. The topological polar surface area (TPSA) is 42.2 Å². The number of nitrogens with zero attached hydrogens (tertiary/aromatic N) is 1. The van der Waals surface area contributed by atoms with Gasteiger partial charge in [-0.05, 0) is 24.6 Å². The van der Waals surface area contributed by atoms with E-state index in [1.807, 2.05) is 24.4 Å². The molecule has 0 aliphatic rings. The molecule has 0 amide bonds. The molecule has 0 bridgehead atoms. The average molecular weight is 259 g/mol. The Kier molecular flexibility index (Phi) is 3.98. The van der Waals surface area contributed by atoms with Crippen molar-refractivity contribution < 1.29 is 5.11 Å². The van der Waals surface area contributed by atoms with Gasteiger partial charge in [-0.15, -0.1) is 11.3 Å². The number of hydrogen-bond acceptors (Lipinski definition) is 3. The Balaban J connectivity index is 2.19. The quantitative estimate of drug-likeness (QED) is 0.833. The number of rotatable bonds is 2. The molecule has 2 aromatic rings. The third kappa shape index (κ3) is 3.10. The summed E-state index contributed by atoms with van der Waals surface area (Å²) < 4.78 is 1.67. The van der Waals surface area contributed by atoms with E-state index < -0.39 is 0 Å². The Morgan fingerprint density at radius 1 is 1.44 bits per heavy atom. The molecule has 0 aliphatic heterocycles.